The molecule has 0 saturated carbocycles. The molecular weight excluding hydrogens is 414 g/mol. The van der Waals surface area contributed by atoms with Gasteiger partial charge in [0.1, 0.15) is 0 Å². The van der Waals surface area contributed by atoms with E-state index < -0.39 is 11.9 Å². The van der Waals surface area contributed by atoms with Crippen molar-refractivity contribution in [1.29, 1.82) is 0 Å². The molecule has 1 amide bonds. The van der Waals surface area contributed by atoms with Crippen LogP contribution in [0.1, 0.15) is 17.0 Å². The molecule has 0 aliphatic rings. The molecule has 0 atom stereocenters. The molecule has 0 fully saturated rings. The van der Waals surface area contributed by atoms with Gasteiger partial charge in [0.2, 0.25) is 5.91 Å². The lowest BCUT2D eigenvalue weighted by Gasteiger charge is -2.09. The summed E-state index contributed by atoms with van der Waals surface area (Å²) in [4.78, 5) is 12.2. The monoisotopic (exact) mass is 427 g/mol. The van der Waals surface area contributed by atoms with Crippen LogP contribution in [-0.4, -0.2) is 15.7 Å². The Labute approximate surface area is 168 Å². The van der Waals surface area contributed by atoms with Gasteiger partial charge in [-0.3, -0.25) is 4.79 Å². The van der Waals surface area contributed by atoms with E-state index in [4.69, 9.17) is 23.2 Å². The van der Waals surface area contributed by atoms with Crippen LogP contribution in [-0.2, 0) is 23.9 Å². The highest BCUT2D eigenvalue weighted by Crippen LogP contribution is 2.30. The zero-order chi connectivity index (χ0) is 20.3. The summed E-state index contributed by atoms with van der Waals surface area (Å²) < 4.78 is 40.4. The second kappa shape index (κ2) is 8.24. The number of hydrogen-bond acceptors (Lipinski definition) is 2. The summed E-state index contributed by atoms with van der Waals surface area (Å²) in [7, 11) is 0. The topological polar surface area (TPSA) is 46.9 Å². The molecule has 28 heavy (non-hydrogen) atoms. The van der Waals surface area contributed by atoms with E-state index in [0.29, 0.717) is 21.3 Å². The number of benzene rings is 2. The lowest BCUT2D eigenvalue weighted by molar-refractivity contribution is -0.141. The Kier molecular flexibility index (Phi) is 5.96. The van der Waals surface area contributed by atoms with E-state index in [1.54, 1.807) is 42.5 Å². The summed E-state index contributed by atoms with van der Waals surface area (Å²) in [6.07, 6.45) is -4.55. The van der Waals surface area contributed by atoms with Crippen LogP contribution >= 0.6 is 23.2 Å². The maximum atomic E-state index is 13.1. The third-order valence-electron chi connectivity index (χ3n) is 3.85. The minimum Gasteiger partial charge on any atom is -0.350 e. The summed E-state index contributed by atoms with van der Waals surface area (Å²) in [5, 5.41) is 7.10. The van der Waals surface area contributed by atoms with E-state index in [1.807, 2.05) is 0 Å². The van der Waals surface area contributed by atoms with E-state index in [0.717, 1.165) is 10.7 Å². The smallest absolute Gasteiger partial charge is 0.350 e. The van der Waals surface area contributed by atoms with Crippen LogP contribution in [0.3, 0.4) is 0 Å². The predicted octanol–water partition coefficient (Wildman–Crippen LogP) is 5.06. The molecule has 2 aromatic carbocycles. The van der Waals surface area contributed by atoms with Crippen molar-refractivity contribution in [1.82, 2.24) is 15.1 Å². The Balaban J connectivity index is 1.80. The third kappa shape index (κ3) is 5.05. The largest absolute Gasteiger partial charge is 0.435 e. The van der Waals surface area contributed by atoms with Crippen LogP contribution in [0.2, 0.25) is 10.0 Å². The maximum Gasteiger partial charge on any atom is 0.435 e. The van der Waals surface area contributed by atoms with Crippen molar-refractivity contribution in [3.8, 4) is 5.69 Å². The quantitative estimate of drug-likeness (QED) is 0.618. The fraction of sp³-hybridized carbons (Fsp3) is 0.158. The summed E-state index contributed by atoms with van der Waals surface area (Å²) in [6, 6.07) is 14.0. The SMILES string of the molecule is O=C(Cc1cccc(Cl)c1)NCc1cc(C(F)(F)F)nn1-c1cccc(Cl)c1. The van der Waals surface area contributed by atoms with Crippen LogP contribution in [0.5, 0.6) is 0 Å². The average molecular weight is 428 g/mol. The van der Waals surface area contributed by atoms with Crippen molar-refractivity contribution in [2.24, 2.45) is 0 Å². The van der Waals surface area contributed by atoms with E-state index in [2.05, 4.69) is 10.4 Å². The summed E-state index contributed by atoms with van der Waals surface area (Å²) in [5.74, 6) is -0.352. The number of rotatable bonds is 5. The molecule has 1 N–H and O–H groups in total. The molecule has 3 aromatic rings. The fourth-order valence-corrected chi connectivity index (χ4v) is 3.00. The highest BCUT2D eigenvalue weighted by molar-refractivity contribution is 6.31. The van der Waals surface area contributed by atoms with Gasteiger partial charge in [-0.05, 0) is 42.0 Å². The van der Waals surface area contributed by atoms with Crippen LogP contribution in [0.25, 0.3) is 5.69 Å². The first-order valence-electron chi connectivity index (χ1n) is 8.15. The number of carbonyl (C=O) groups excluding carboxylic acids is 1. The normalized spacial score (nSPS) is 11.5. The van der Waals surface area contributed by atoms with Crippen LogP contribution in [0, 0.1) is 0 Å². The molecule has 3 rings (SSSR count). The molecule has 0 unspecified atom stereocenters. The van der Waals surface area contributed by atoms with Crippen molar-refractivity contribution in [2.75, 3.05) is 0 Å². The van der Waals surface area contributed by atoms with Crippen molar-refractivity contribution in [3.05, 3.63) is 81.6 Å². The zero-order valence-corrected chi connectivity index (χ0v) is 15.8. The molecule has 0 radical (unpaired) electrons. The minimum absolute atomic E-state index is 0.0536. The zero-order valence-electron chi connectivity index (χ0n) is 14.3. The standard InChI is InChI=1S/C19H14Cl2F3N3O/c20-13-4-1-3-12(7-13)8-18(28)25-11-16-10-17(19(22,23)24)26-27(16)15-6-2-5-14(21)9-15/h1-7,9-10H,8,11H2,(H,25,28). The van der Waals surface area contributed by atoms with Gasteiger partial charge in [0, 0.05) is 10.0 Å². The van der Waals surface area contributed by atoms with E-state index in [9.17, 15) is 18.0 Å². The van der Waals surface area contributed by atoms with Gasteiger partial charge in [-0.25, -0.2) is 4.68 Å². The molecular formula is C19H14Cl2F3N3O. The number of alkyl halides is 3. The van der Waals surface area contributed by atoms with Crippen molar-refractivity contribution in [3.63, 3.8) is 0 Å². The molecule has 0 bridgehead atoms. The van der Waals surface area contributed by atoms with Crippen LogP contribution < -0.4 is 5.32 Å². The van der Waals surface area contributed by atoms with Gasteiger partial charge in [-0.2, -0.15) is 18.3 Å². The maximum absolute atomic E-state index is 13.1. The Hall–Kier alpha value is -2.51. The fourth-order valence-electron chi connectivity index (χ4n) is 2.60. The lowest BCUT2D eigenvalue weighted by Crippen LogP contribution is -2.25. The first-order chi connectivity index (χ1) is 13.2. The van der Waals surface area contributed by atoms with Crippen LogP contribution in [0.15, 0.2) is 54.6 Å². The van der Waals surface area contributed by atoms with Gasteiger partial charge < -0.3 is 5.32 Å². The van der Waals surface area contributed by atoms with E-state index >= 15 is 0 Å². The van der Waals surface area contributed by atoms with Gasteiger partial charge >= 0.3 is 6.18 Å². The number of nitrogens with zero attached hydrogens (tertiary/aromatic N) is 2. The minimum atomic E-state index is -4.61. The van der Waals surface area contributed by atoms with E-state index in [1.165, 1.54) is 6.07 Å². The number of hydrogen-bond donors (Lipinski definition) is 1. The van der Waals surface area contributed by atoms with Gasteiger partial charge in [-0.15, -0.1) is 0 Å². The summed E-state index contributed by atoms with van der Waals surface area (Å²) >= 11 is 11.8. The molecule has 0 spiro atoms. The second-order valence-corrected chi connectivity index (χ2v) is 6.87. The molecule has 146 valence electrons. The van der Waals surface area contributed by atoms with Crippen molar-refractivity contribution < 1.29 is 18.0 Å². The number of halogens is 5. The predicted molar refractivity (Wildman–Crippen MR) is 101 cm³/mol. The summed E-state index contributed by atoms with van der Waals surface area (Å²) in [5.41, 5.74) is 0.187. The second-order valence-electron chi connectivity index (χ2n) is 5.99. The number of aromatic nitrogens is 2. The van der Waals surface area contributed by atoms with Crippen molar-refractivity contribution >= 4 is 29.1 Å². The first kappa shape index (κ1) is 20.2. The molecule has 0 aliphatic heterocycles. The Morgan fingerprint density at radius 2 is 1.71 bits per heavy atom. The van der Waals surface area contributed by atoms with Gasteiger partial charge in [0.05, 0.1) is 24.3 Å². The van der Waals surface area contributed by atoms with Gasteiger partial charge in [-0.1, -0.05) is 41.4 Å². The Morgan fingerprint density at radius 1 is 1.04 bits per heavy atom. The third-order valence-corrected chi connectivity index (χ3v) is 4.32. The molecule has 4 nitrogen and oxygen atoms in total. The number of carbonyl (C=O) groups is 1. The molecule has 1 aromatic heterocycles. The number of nitrogens with one attached hydrogen (secondary N) is 1. The number of amides is 1. The van der Waals surface area contributed by atoms with Crippen molar-refractivity contribution in [2.45, 2.75) is 19.1 Å². The van der Waals surface area contributed by atoms with Crippen LogP contribution in [0.4, 0.5) is 13.2 Å². The lowest BCUT2D eigenvalue weighted by atomic mass is 10.1. The molecule has 0 saturated heterocycles. The molecule has 0 aliphatic carbocycles. The van der Waals surface area contributed by atoms with E-state index in [-0.39, 0.29) is 24.6 Å². The summed E-state index contributed by atoms with van der Waals surface area (Å²) in [6.45, 7) is -0.130. The average Bonchev–Trinajstić information content (AvgIpc) is 3.05. The highest BCUT2D eigenvalue weighted by Gasteiger charge is 2.35. The molecule has 9 heteroatoms. The van der Waals surface area contributed by atoms with Gasteiger partial charge in [0.15, 0.2) is 5.69 Å². The molecule has 1 heterocycles. The Bertz CT molecular complexity index is 1000. The first-order valence-corrected chi connectivity index (χ1v) is 8.91. The highest BCUT2D eigenvalue weighted by atomic mass is 35.5. The Morgan fingerprint density at radius 3 is 2.36 bits per heavy atom. The van der Waals surface area contributed by atoms with Gasteiger partial charge in [0.25, 0.3) is 0 Å².